The lowest BCUT2D eigenvalue weighted by atomic mass is 9.95. The van der Waals surface area contributed by atoms with E-state index in [2.05, 4.69) is 12.2 Å². The second-order valence-corrected chi connectivity index (χ2v) is 4.93. The van der Waals surface area contributed by atoms with E-state index in [1.807, 2.05) is 0 Å². The van der Waals surface area contributed by atoms with Crippen LogP contribution in [0.5, 0.6) is 0 Å². The third kappa shape index (κ3) is 2.58. The molecule has 0 aromatic carbocycles. The summed E-state index contributed by atoms with van der Waals surface area (Å²) in [7, 11) is 0. The van der Waals surface area contributed by atoms with E-state index in [-0.39, 0.29) is 6.10 Å². The van der Waals surface area contributed by atoms with E-state index < -0.39 is 23.7 Å². The first-order valence-corrected chi connectivity index (χ1v) is 6.34. The Bertz CT molecular complexity index is 339. The van der Waals surface area contributed by atoms with Gasteiger partial charge in [0.2, 0.25) is 0 Å². The lowest BCUT2D eigenvalue weighted by Gasteiger charge is -2.41. The van der Waals surface area contributed by atoms with Crippen molar-refractivity contribution in [2.45, 2.75) is 50.9 Å². The molecule has 0 saturated carbocycles. The van der Waals surface area contributed by atoms with Gasteiger partial charge in [-0.15, -0.1) is 0 Å². The van der Waals surface area contributed by atoms with E-state index in [4.69, 9.17) is 14.2 Å². The van der Waals surface area contributed by atoms with Crippen LogP contribution in [-0.4, -0.2) is 43.0 Å². The third-order valence-corrected chi connectivity index (χ3v) is 3.32. The van der Waals surface area contributed by atoms with Crippen molar-refractivity contribution >= 4 is 12.1 Å². The quantitative estimate of drug-likeness (QED) is 0.743. The van der Waals surface area contributed by atoms with Crippen molar-refractivity contribution in [3.05, 3.63) is 0 Å². The number of carbonyl (C=O) groups excluding carboxylic acids is 2. The van der Waals surface area contributed by atoms with Crippen LogP contribution in [0.1, 0.15) is 33.1 Å². The number of hydrogen-bond acceptors (Lipinski definition) is 5. The molecule has 18 heavy (non-hydrogen) atoms. The first kappa shape index (κ1) is 13.1. The zero-order valence-corrected chi connectivity index (χ0v) is 10.7. The molecule has 1 N–H and O–H groups in total. The minimum atomic E-state index is -0.582. The molecule has 2 heterocycles. The number of alkyl carbamates (subject to hydrolysis) is 1. The number of hydrogen-bond donors (Lipinski definition) is 1. The smallest absolute Gasteiger partial charge is 0.408 e. The zero-order valence-electron chi connectivity index (χ0n) is 10.7. The molecule has 0 unspecified atom stereocenters. The number of unbranched alkanes of at least 4 members (excludes halogenated alkanes) is 1. The van der Waals surface area contributed by atoms with Crippen LogP contribution in [0.3, 0.4) is 0 Å². The summed E-state index contributed by atoms with van der Waals surface area (Å²) in [4.78, 5) is 22.8. The SMILES string of the molecule is CCCCC1(OC(=O)N[C@H]2C(=O)O[C@H]2C)COC1. The normalized spacial score (nSPS) is 28.7. The summed E-state index contributed by atoms with van der Waals surface area (Å²) in [5, 5.41) is 2.52. The minimum Gasteiger partial charge on any atom is -0.458 e. The van der Waals surface area contributed by atoms with Crippen LogP contribution in [-0.2, 0) is 19.0 Å². The molecule has 0 aromatic rings. The third-order valence-electron chi connectivity index (χ3n) is 3.32. The number of esters is 1. The van der Waals surface area contributed by atoms with E-state index >= 15 is 0 Å². The molecule has 2 rings (SSSR count). The van der Waals surface area contributed by atoms with Gasteiger partial charge in [0.25, 0.3) is 0 Å². The van der Waals surface area contributed by atoms with Crippen molar-refractivity contribution in [2.24, 2.45) is 0 Å². The van der Waals surface area contributed by atoms with E-state index in [0.29, 0.717) is 13.2 Å². The second kappa shape index (κ2) is 5.14. The Morgan fingerprint density at radius 3 is 2.72 bits per heavy atom. The zero-order chi connectivity index (χ0) is 13.2. The molecule has 102 valence electrons. The Hall–Kier alpha value is -1.30. The van der Waals surface area contributed by atoms with Gasteiger partial charge in [0, 0.05) is 0 Å². The number of amides is 1. The average Bonchev–Trinajstić information content (AvgIpc) is 2.30. The number of ether oxygens (including phenoxy) is 3. The van der Waals surface area contributed by atoms with Crippen LogP contribution in [0.15, 0.2) is 0 Å². The van der Waals surface area contributed by atoms with Gasteiger partial charge >= 0.3 is 12.1 Å². The summed E-state index contributed by atoms with van der Waals surface area (Å²) in [5.74, 6) is -0.410. The first-order valence-electron chi connectivity index (χ1n) is 6.34. The van der Waals surface area contributed by atoms with Gasteiger partial charge in [-0.1, -0.05) is 13.3 Å². The van der Waals surface area contributed by atoms with Crippen LogP contribution in [0.4, 0.5) is 4.79 Å². The fraction of sp³-hybridized carbons (Fsp3) is 0.833. The van der Waals surface area contributed by atoms with Crippen molar-refractivity contribution in [3.63, 3.8) is 0 Å². The van der Waals surface area contributed by atoms with Crippen molar-refractivity contribution in [2.75, 3.05) is 13.2 Å². The van der Waals surface area contributed by atoms with Crippen LogP contribution in [0.2, 0.25) is 0 Å². The fourth-order valence-electron chi connectivity index (χ4n) is 2.06. The molecule has 0 aliphatic carbocycles. The maximum absolute atomic E-state index is 11.7. The van der Waals surface area contributed by atoms with Crippen LogP contribution >= 0.6 is 0 Å². The summed E-state index contributed by atoms with van der Waals surface area (Å²) in [6, 6.07) is -0.582. The number of nitrogens with one attached hydrogen (secondary N) is 1. The Balaban J connectivity index is 1.80. The number of rotatable bonds is 5. The second-order valence-electron chi connectivity index (χ2n) is 4.93. The summed E-state index contributed by atoms with van der Waals surface area (Å²) < 4.78 is 15.3. The van der Waals surface area contributed by atoms with Gasteiger partial charge in [0.15, 0.2) is 11.6 Å². The van der Waals surface area contributed by atoms with Crippen molar-refractivity contribution in [3.8, 4) is 0 Å². The van der Waals surface area contributed by atoms with E-state index in [1.165, 1.54) is 0 Å². The van der Waals surface area contributed by atoms with Crippen molar-refractivity contribution in [1.82, 2.24) is 5.32 Å². The fourth-order valence-corrected chi connectivity index (χ4v) is 2.06. The molecular formula is C12H19NO5. The molecule has 2 saturated heterocycles. The van der Waals surface area contributed by atoms with Crippen molar-refractivity contribution < 1.29 is 23.8 Å². The molecule has 2 aliphatic heterocycles. The van der Waals surface area contributed by atoms with Crippen LogP contribution in [0.25, 0.3) is 0 Å². The summed E-state index contributed by atoms with van der Waals surface area (Å²) in [6.45, 7) is 4.68. The largest absolute Gasteiger partial charge is 0.458 e. The van der Waals surface area contributed by atoms with Gasteiger partial charge in [-0.25, -0.2) is 9.59 Å². The summed E-state index contributed by atoms with van der Waals surface area (Å²) in [6.07, 6.45) is 1.97. The highest BCUT2D eigenvalue weighted by molar-refractivity contribution is 5.86. The monoisotopic (exact) mass is 257 g/mol. The van der Waals surface area contributed by atoms with E-state index in [0.717, 1.165) is 19.3 Å². The Labute approximate surface area is 106 Å². The molecule has 0 radical (unpaired) electrons. The number of carbonyl (C=O) groups is 2. The molecule has 2 aliphatic rings. The van der Waals surface area contributed by atoms with Gasteiger partial charge in [-0.3, -0.25) is 0 Å². The van der Waals surface area contributed by atoms with Gasteiger partial charge in [-0.2, -0.15) is 0 Å². The van der Waals surface area contributed by atoms with Gasteiger partial charge < -0.3 is 19.5 Å². The molecule has 0 spiro atoms. The highest BCUT2D eigenvalue weighted by Gasteiger charge is 2.45. The van der Waals surface area contributed by atoms with E-state index in [1.54, 1.807) is 6.92 Å². The highest BCUT2D eigenvalue weighted by Crippen LogP contribution is 2.28. The molecule has 6 nitrogen and oxygen atoms in total. The topological polar surface area (TPSA) is 73.9 Å². The lowest BCUT2D eigenvalue weighted by molar-refractivity contribution is -0.187. The lowest BCUT2D eigenvalue weighted by Crippen LogP contribution is -2.61. The van der Waals surface area contributed by atoms with E-state index in [9.17, 15) is 9.59 Å². The predicted octanol–water partition coefficient (Wildman–Crippen LogP) is 0.986. The summed E-state index contributed by atoms with van der Waals surface area (Å²) in [5.41, 5.74) is -0.503. The standard InChI is InChI=1S/C12H19NO5/c1-3-4-5-12(6-16-7-12)18-11(15)13-9-8(2)17-10(9)14/h8-9H,3-7H2,1-2H3,(H,13,15)/t8-,9+/m0/s1. The van der Waals surface area contributed by atoms with Crippen molar-refractivity contribution in [1.29, 1.82) is 0 Å². The molecule has 1 amide bonds. The Morgan fingerprint density at radius 2 is 2.28 bits per heavy atom. The summed E-state index contributed by atoms with van der Waals surface area (Å²) >= 11 is 0. The molecule has 2 fully saturated rings. The maximum atomic E-state index is 11.7. The average molecular weight is 257 g/mol. The highest BCUT2D eigenvalue weighted by atomic mass is 16.6. The minimum absolute atomic E-state index is 0.283. The van der Waals surface area contributed by atoms with Crippen LogP contribution in [0, 0.1) is 0 Å². The van der Waals surface area contributed by atoms with Crippen LogP contribution < -0.4 is 5.32 Å². The van der Waals surface area contributed by atoms with Gasteiger partial charge in [0.05, 0.1) is 13.2 Å². The molecule has 2 atom stereocenters. The first-order chi connectivity index (χ1) is 8.56. The van der Waals surface area contributed by atoms with Gasteiger partial charge in [-0.05, 0) is 19.8 Å². The predicted molar refractivity (Wildman–Crippen MR) is 62.0 cm³/mol. The maximum Gasteiger partial charge on any atom is 0.408 e. The molecular weight excluding hydrogens is 238 g/mol. The molecule has 0 bridgehead atoms. The molecule has 6 heteroatoms. The Kier molecular flexibility index (Phi) is 3.75. The van der Waals surface area contributed by atoms with Gasteiger partial charge in [0.1, 0.15) is 6.10 Å². The molecule has 0 aromatic heterocycles. The number of cyclic esters (lactones) is 1. The Morgan fingerprint density at radius 1 is 1.56 bits per heavy atom.